The van der Waals surface area contributed by atoms with Crippen LogP contribution in [0, 0.1) is 0 Å². The second-order valence-electron chi connectivity index (χ2n) is 5.73. The monoisotopic (exact) mass is 253 g/mol. The molecular weight excluding hydrogens is 226 g/mol. The lowest BCUT2D eigenvalue weighted by Gasteiger charge is -2.40. The SMILES string of the molecule is CCC1CCCCN1C(CN)CC(=O)NC1CC1. The third-order valence-electron chi connectivity index (χ3n) is 4.25. The molecule has 0 aromatic carbocycles. The van der Waals surface area contributed by atoms with E-state index in [0.717, 1.165) is 19.4 Å². The van der Waals surface area contributed by atoms with Crippen LogP contribution in [0.2, 0.25) is 0 Å². The molecule has 0 spiro atoms. The lowest BCUT2D eigenvalue weighted by atomic mass is 9.96. The van der Waals surface area contributed by atoms with Crippen LogP contribution in [0.4, 0.5) is 0 Å². The van der Waals surface area contributed by atoms with Crippen LogP contribution >= 0.6 is 0 Å². The summed E-state index contributed by atoms with van der Waals surface area (Å²) in [5, 5.41) is 3.07. The molecule has 0 aromatic heterocycles. The molecule has 1 aliphatic carbocycles. The van der Waals surface area contributed by atoms with Crippen LogP contribution in [0.1, 0.15) is 51.9 Å². The van der Waals surface area contributed by atoms with Gasteiger partial charge in [-0.15, -0.1) is 0 Å². The van der Waals surface area contributed by atoms with Crippen molar-refractivity contribution in [3.05, 3.63) is 0 Å². The van der Waals surface area contributed by atoms with Gasteiger partial charge in [0.15, 0.2) is 0 Å². The zero-order valence-corrected chi connectivity index (χ0v) is 11.5. The van der Waals surface area contributed by atoms with E-state index in [1.54, 1.807) is 0 Å². The summed E-state index contributed by atoms with van der Waals surface area (Å²) in [6.07, 6.45) is 7.87. The van der Waals surface area contributed by atoms with E-state index in [1.165, 1.54) is 25.7 Å². The van der Waals surface area contributed by atoms with Crippen molar-refractivity contribution in [3.63, 3.8) is 0 Å². The minimum absolute atomic E-state index is 0.188. The predicted molar refractivity (Wildman–Crippen MR) is 73.3 cm³/mol. The van der Waals surface area contributed by atoms with Crippen LogP contribution in [0.25, 0.3) is 0 Å². The Morgan fingerprint density at radius 2 is 2.17 bits per heavy atom. The molecule has 1 aliphatic heterocycles. The maximum Gasteiger partial charge on any atom is 0.221 e. The molecule has 2 unspecified atom stereocenters. The van der Waals surface area contributed by atoms with E-state index < -0.39 is 0 Å². The van der Waals surface area contributed by atoms with Crippen molar-refractivity contribution in [2.75, 3.05) is 13.1 Å². The normalized spacial score (nSPS) is 26.9. The van der Waals surface area contributed by atoms with E-state index >= 15 is 0 Å². The van der Waals surface area contributed by atoms with E-state index in [9.17, 15) is 4.79 Å². The van der Waals surface area contributed by atoms with E-state index in [0.29, 0.717) is 25.0 Å². The number of amides is 1. The molecule has 0 radical (unpaired) electrons. The molecule has 18 heavy (non-hydrogen) atoms. The quantitative estimate of drug-likeness (QED) is 0.749. The fourth-order valence-electron chi connectivity index (χ4n) is 3.01. The second-order valence-corrected chi connectivity index (χ2v) is 5.73. The zero-order valence-electron chi connectivity index (χ0n) is 11.5. The Labute approximate surface area is 110 Å². The van der Waals surface area contributed by atoms with Gasteiger partial charge in [0.1, 0.15) is 0 Å². The largest absolute Gasteiger partial charge is 0.353 e. The second kappa shape index (κ2) is 6.53. The van der Waals surface area contributed by atoms with Gasteiger partial charge in [-0.05, 0) is 38.6 Å². The Morgan fingerprint density at radius 3 is 2.78 bits per heavy atom. The smallest absolute Gasteiger partial charge is 0.221 e. The molecule has 2 fully saturated rings. The van der Waals surface area contributed by atoms with Crippen molar-refractivity contribution in [3.8, 4) is 0 Å². The first kappa shape index (κ1) is 13.8. The summed E-state index contributed by atoms with van der Waals surface area (Å²) in [5.41, 5.74) is 5.89. The number of nitrogens with zero attached hydrogens (tertiary/aromatic N) is 1. The van der Waals surface area contributed by atoms with Crippen molar-refractivity contribution in [2.24, 2.45) is 5.73 Å². The van der Waals surface area contributed by atoms with E-state index in [1.807, 2.05) is 0 Å². The van der Waals surface area contributed by atoms with Crippen LogP contribution in [-0.2, 0) is 4.79 Å². The van der Waals surface area contributed by atoms with Crippen molar-refractivity contribution in [1.29, 1.82) is 0 Å². The number of hydrogen-bond acceptors (Lipinski definition) is 3. The fraction of sp³-hybridized carbons (Fsp3) is 0.929. The number of hydrogen-bond donors (Lipinski definition) is 2. The Hall–Kier alpha value is -0.610. The summed E-state index contributed by atoms with van der Waals surface area (Å²) >= 11 is 0. The van der Waals surface area contributed by atoms with Crippen molar-refractivity contribution in [1.82, 2.24) is 10.2 Å². The van der Waals surface area contributed by atoms with Gasteiger partial charge in [0, 0.05) is 31.1 Å². The Balaban J connectivity index is 1.86. The number of carbonyl (C=O) groups is 1. The van der Waals surface area contributed by atoms with E-state index in [4.69, 9.17) is 5.73 Å². The highest BCUT2D eigenvalue weighted by Crippen LogP contribution is 2.23. The molecule has 2 atom stereocenters. The first-order valence-electron chi connectivity index (χ1n) is 7.49. The van der Waals surface area contributed by atoms with Gasteiger partial charge < -0.3 is 11.1 Å². The zero-order chi connectivity index (χ0) is 13.0. The molecule has 4 nitrogen and oxygen atoms in total. The summed E-state index contributed by atoms with van der Waals surface area (Å²) in [6, 6.07) is 1.31. The molecule has 3 N–H and O–H groups in total. The van der Waals surface area contributed by atoms with Crippen LogP contribution < -0.4 is 11.1 Å². The molecular formula is C14H27N3O. The van der Waals surface area contributed by atoms with Gasteiger partial charge in [0.2, 0.25) is 5.91 Å². The Morgan fingerprint density at radius 1 is 1.39 bits per heavy atom. The minimum atomic E-state index is 0.188. The van der Waals surface area contributed by atoms with Crippen molar-refractivity contribution >= 4 is 5.91 Å². The standard InChI is InChI=1S/C14H27N3O/c1-2-12-5-3-4-8-17(12)13(10-15)9-14(18)16-11-6-7-11/h11-13H,2-10,15H2,1H3,(H,16,18). The summed E-state index contributed by atoms with van der Waals surface area (Å²) < 4.78 is 0. The third-order valence-corrected chi connectivity index (χ3v) is 4.25. The lowest BCUT2D eigenvalue weighted by molar-refractivity contribution is -0.122. The molecule has 1 saturated carbocycles. The Kier molecular flexibility index (Phi) is 5.01. The molecule has 104 valence electrons. The maximum atomic E-state index is 11.9. The highest BCUT2D eigenvalue weighted by Gasteiger charge is 2.30. The summed E-state index contributed by atoms with van der Waals surface area (Å²) in [4.78, 5) is 14.4. The van der Waals surface area contributed by atoms with Crippen molar-refractivity contribution in [2.45, 2.75) is 70.0 Å². The molecule has 0 bridgehead atoms. The van der Waals surface area contributed by atoms with Gasteiger partial charge in [-0.1, -0.05) is 13.3 Å². The molecule has 2 aliphatic rings. The molecule has 1 saturated heterocycles. The first-order chi connectivity index (χ1) is 8.74. The number of nitrogens with one attached hydrogen (secondary N) is 1. The number of likely N-dealkylation sites (tertiary alicyclic amines) is 1. The van der Waals surface area contributed by atoms with Gasteiger partial charge >= 0.3 is 0 Å². The van der Waals surface area contributed by atoms with Gasteiger partial charge in [-0.3, -0.25) is 9.69 Å². The average molecular weight is 253 g/mol. The first-order valence-corrected chi connectivity index (χ1v) is 7.49. The van der Waals surface area contributed by atoms with Crippen LogP contribution in [0.5, 0.6) is 0 Å². The van der Waals surface area contributed by atoms with Crippen LogP contribution in [-0.4, -0.2) is 42.0 Å². The molecule has 4 heteroatoms. The maximum absolute atomic E-state index is 11.9. The highest BCUT2D eigenvalue weighted by molar-refractivity contribution is 5.77. The van der Waals surface area contributed by atoms with Gasteiger partial charge in [-0.2, -0.15) is 0 Å². The number of piperidine rings is 1. The number of rotatable bonds is 6. The third kappa shape index (κ3) is 3.69. The molecule has 1 heterocycles. The number of carbonyl (C=O) groups excluding carboxylic acids is 1. The minimum Gasteiger partial charge on any atom is -0.353 e. The van der Waals surface area contributed by atoms with Gasteiger partial charge in [-0.25, -0.2) is 0 Å². The highest BCUT2D eigenvalue weighted by atomic mass is 16.1. The van der Waals surface area contributed by atoms with E-state index in [-0.39, 0.29) is 11.9 Å². The number of nitrogens with two attached hydrogens (primary N) is 1. The molecule has 1 amide bonds. The van der Waals surface area contributed by atoms with Gasteiger partial charge in [0.05, 0.1) is 0 Å². The summed E-state index contributed by atoms with van der Waals surface area (Å²) in [7, 11) is 0. The van der Waals surface area contributed by atoms with Gasteiger partial charge in [0.25, 0.3) is 0 Å². The summed E-state index contributed by atoms with van der Waals surface area (Å²) in [6.45, 7) is 3.94. The molecule has 2 rings (SSSR count). The topological polar surface area (TPSA) is 58.4 Å². The van der Waals surface area contributed by atoms with Crippen LogP contribution in [0.15, 0.2) is 0 Å². The predicted octanol–water partition coefficient (Wildman–Crippen LogP) is 1.25. The molecule has 0 aromatic rings. The lowest BCUT2D eigenvalue weighted by Crippen LogP contribution is -2.51. The van der Waals surface area contributed by atoms with E-state index in [2.05, 4.69) is 17.1 Å². The summed E-state index contributed by atoms with van der Waals surface area (Å²) in [5.74, 6) is 0.188. The van der Waals surface area contributed by atoms with Crippen molar-refractivity contribution < 1.29 is 4.79 Å². The Bertz CT molecular complexity index is 278. The fourth-order valence-corrected chi connectivity index (χ4v) is 3.01. The van der Waals surface area contributed by atoms with Crippen LogP contribution in [0.3, 0.4) is 0 Å². The average Bonchev–Trinajstić information content (AvgIpc) is 3.19.